The Bertz CT molecular complexity index is 323. The van der Waals surface area contributed by atoms with Gasteiger partial charge in [-0.1, -0.05) is 6.07 Å². The third-order valence-electron chi connectivity index (χ3n) is 2.61. The molecule has 1 amide bonds. The van der Waals surface area contributed by atoms with Gasteiger partial charge in [-0.25, -0.2) is 0 Å². The maximum absolute atomic E-state index is 12.0. The first-order chi connectivity index (χ1) is 7.27. The van der Waals surface area contributed by atoms with E-state index in [4.69, 9.17) is 0 Å². The van der Waals surface area contributed by atoms with Crippen molar-refractivity contribution in [3.63, 3.8) is 0 Å². The van der Waals surface area contributed by atoms with E-state index in [-0.39, 0.29) is 5.91 Å². The minimum absolute atomic E-state index is 0.167. The zero-order valence-electron chi connectivity index (χ0n) is 8.69. The van der Waals surface area contributed by atoms with E-state index in [1.807, 2.05) is 27.3 Å². The Morgan fingerprint density at radius 2 is 2.20 bits per heavy atom. The highest BCUT2D eigenvalue weighted by atomic mass is 32.1. The molecule has 2 heterocycles. The van der Waals surface area contributed by atoms with Gasteiger partial charge in [0, 0.05) is 13.1 Å². The monoisotopic (exact) mass is 223 g/mol. The molecule has 0 spiro atoms. The van der Waals surface area contributed by atoms with Crippen molar-refractivity contribution >= 4 is 17.2 Å². The van der Waals surface area contributed by atoms with E-state index in [9.17, 15) is 4.79 Å². The Labute approximate surface area is 94.3 Å². The molecule has 1 aromatic rings. The first kappa shape index (κ1) is 10.6. The van der Waals surface area contributed by atoms with Crippen LogP contribution in [-0.2, 0) is 0 Å². The van der Waals surface area contributed by atoms with Crippen molar-refractivity contribution < 1.29 is 4.79 Å². The van der Waals surface area contributed by atoms with Crippen LogP contribution in [0.15, 0.2) is 17.5 Å². The highest BCUT2D eigenvalue weighted by molar-refractivity contribution is 7.12. The molecule has 2 rings (SSSR count). The maximum atomic E-state index is 12.0. The molecule has 1 saturated heterocycles. The molecule has 82 valence electrons. The number of rotatable bonds is 1. The minimum Gasteiger partial charge on any atom is -0.458 e. The molecule has 1 aliphatic rings. The first-order valence-corrected chi connectivity index (χ1v) is 6.03. The molecular formula is C11H15N2OS-. The van der Waals surface area contributed by atoms with E-state index in [1.54, 1.807) is 0 Å². The highest BCUT2D eigenvalue weighted by Gasteiger charge is 2.17. The van der Waals surface area contributed by atoms with E-state index in [0.717, 1.165) is 37.5 Å². The van der Waals surface area contributed by atoms with Crippen molar-refractivity contribution in [3.05, 3.63) is 29.4 Å². The van der Waals surface area contributed by atoms with Crippen molar-refractivity contribution in [1.82, 2.24) is 9.80 Å². The minimum atomic E-state index is 0.167. The van der Waals surface area contributed by atoms with Gasteiger partial charge in [0.15, 0.2) is 0 Å². The molecule has 1 aliphatic heterocycles. The van der Waals surface area contributed by atoms with Crippen molar-refractivity contribution in [2.75, 3.05) is 26.2 Å². The molecule has 0 saturated carbocycles. The normalized spacial score (nSPS) is 18.9. The van der Waals surface area contributed by atoms with Crippen molar-refractivity contribution in [1.29, 1.82) is 0 Å². The molecule has 3 nitrogen and oxygen atoms in total. The molecular weight excluding hydrogens is 208 g/mol. The highest BCUT2D eigenvalue weighted by Crippen LogP contribution is 2.13. The van der Waals surface area contributed by atoms with Gasteiger partial charge in [0.1, 0.15) is 0 Å². The molecule has 4 heteroatoms. The lowest BCUT2D eigenvalue weighted by atomic mass is 10.3. The van der Waals surface area contributed by atoms with Crippen LogP contribution in [0.25, 0.3) is 0 Å². The number of carbonyl (C=O) groups excluding carboxylic acids is 1. The van der Waals surface area contributed by atoms with Crippen molar-refractivity contribution in [2.45, 2.75) is 6.42 Å². The summed E-state index contributed by atoms with van der Waals surface area (Å²) in [6, 6.07) is 3.81. The van der Waals surface area contributed by atoms with Crippen molar-refractivity contribution in [2.24, 2.45) is 0 Å². The lowest BCUT2D eigenvalue weighted by Crippen LogP contribution is -2.33. The van der Waals surface area contributed by atoms with Gasteiger partial charge in [0.2, 0.25) is 0 Å². The summed E-state index contributed by atoms with van der Waals surface area (Å²) in [5, 5.41) is 1.94. The second-order valence-corrected chi connectivity index (χ2v) is 4.69. The van der Waals surface area contributed by atoms with Crippen LogP contribution in [-0.4, -0.2) is 41.9 Å². The van der Waals surface area contributed by atoms with Crippen molar-refractivity contribution in [3.8, 4) is 0 Å². The fraction of sp³-hybridized carbons (Fsp3) is 0.455. The average molecular weight is 223 g/mol. The second-order valence-electron chi connectivity index (χ2n) is 3.74. The molecule has 0 aromatic carbocycles. The Morgan fingerprint density at radius 1 is 1.33 bits per heavy atom. The molecule has 1 aromatic heterocycles. The second kappa shape index (κ2) is 4.77. The fourth-order valence-electron chi connectivity index (χ4n) is 1.73. The predicted octanol–water partition coefficient (Wildman–Crippen LogP) is 1.69. The number of hydrogen-bond donors (Lipinski definition) is 0. The van der Waals surface area contributed by atoms with Crippen LogP contribution < -0.4 is 0 Å². The first-order valence-electron chi connectivity index (χ1n) is 5.15. The smallest absolute Gasteiger partial charge is 0.263 e. The molecule has 0 radical (unpaired) electrons. The average Bonchev–Trinajstić information content (AvgIpc) is 2.67. The van der Waals surface area contributed by atoms with E-state index >= 15 is 0 Å². The number of carbonyl (C=O) groups is 1. The van der Waals surface area contributed by atoms with Gasteiger partial charge in [0.05, 0.1) is 4.88 Å². The SMILES string of the molecule is [CH2-]N1CCCN(C(=O)c2cccs2)CC1. The largest absolute Gasteiger partial charge is 0.458 e. The molecule has 0 bridgehead atoms. The molecule has 0 N–H and O–H groups in total. The van der Waals surface area contributed by atoms with E-state index in [2.05, 4.69) is 7.05 Å². The van der Waals surface area contributed by atoms with E-state index < -0.39 is 0 Å². The zero-order chi connectivity index (χ0) is 10.7. The van der Waals surface area contributed by atoms with Crippen LogP contribution in [0.4, 0.5) is 0 Å². The lowest BCUT2D eigenvalue weighted by molar-refractivity contribution is 0.0768. The third-order valence-corrected chi connectivity index (χ3v) is 3.47. The van der Waals surface area contributed by atoms with Crippen LogP contribution in [0.3, 0.4) is 0 Å². The van der Waals surface area contributed by atoms with Crippen LogP contribution in [0.2, 0.25) is 0 Å². The maximum Gasteiger partial charge on any atom is 0.263 e. The summed E-state index contributed by atoms with van der Waals surface area (Å²) in [6.45, 7) is 3.49. The van der Waals surface area contributed by atoms with Gasteiger partial charge in [-0.3, -0.25) is 11.8 Å². The molecule has 0 aliphatic carbocycles. The predicted molar refractivity (Wildman–Crippen MR) is 61.8 cm³/mol. The fourth-order valence-corrected chi connectivity index (χ4v) is 2.42. The van der Waals surface area contributed by atoms with E-state index in [0.29, 0.717) is 0 Å². The number of amides is 1. The van der Waals surface area contributed by atoms with Gasteiger partial charge < -0.3 is 9.80 Å². The van der Waals surface area contributed by atoms with Crippen LogP contribution in [0.5, 0.6) is 0 Å². The molecule has 0 atom stereocenters. The Hall–Kier alpha value is -0.870. The summed E-state index contributed by atoms with van der Waals surface area (Å²) in [5.41, 5.74) is 0. The van der Waals surface area contributed by atoms with Gasteiger partial charge in [-0.05, 0) is 31.0 Å². The summed E-state index contributed by atoms with van der Waals surface area (Å²) < 4.78 is 0. The summed E-state index contributed by atoms with van der Waals surface area (Å²) >= 11 is 1.51. The summed E-state index contributed by atoms with van der Waals surface area (Å²) in [7, 11) is 3.91. The van der Waals surface area contributed by atoms with Gasteiger partial charge in [0.25, 0.3) is 5.91 Å². The lowest BCUT2D eigenvalue weighted by Gasteiger charge is -2.22. The summed E-state index contributed by atoms with van der Waals surface area (Å²) in [5.74, 6) is 0.167. The molecule has 0 unspecified atom stereocenters. The standard InChI is InChI=1S/C11H15N2OS/c1-12-5-3-6-13(8-7-12)11(14)10-4-2-9-15-10/h2,4,9H,1,3,5-8H2/q-1. The Balaban J connectivity index is 2.01. The third kappa shape index (κ3) is 2.58. The quantitative estimate of drug-likeness (QED) is 0.676. The number of thiophene rings is 1. The Kier molecular flexibility index (Phi) is 3.38. The van der Waals surface area contributed by atoms with Gasteiger partial charge in [-0.15, -0.1) is 11.3 Å². The topological polar surface area (TPSA) is 23.6 Å². The van der Waals surface area contributed by atoms with Crippen LogP contribution in [0, 0.1) is 7.05 Å². The number of nitrogens with zero attached hydrogens (tertiary/aromatic N) is 2. The van der Waals surface area contributed by atoms with Gasteiger partial charge in [-0.2, -0.15) is 0 Å². The summed E-state index contributed by atoms with van der Waals surface area (Å²) in [4.78, 5) is 16.8. The van der Waals surface area contributed by atoms with E-state index in [1.165, 1.54) is 11.3 Å². The Morgan fingerprint density at radius 3 is 2.93 bits per heavy atom. The zero-order valence-corrected chi connectivity index (χ0v) is 9.50. The van der Waals surface area contributed by atoms with Gasteiger partial charge >= 0.3 is 0 Å². The summed E-state index contributed by atoms with van der Waals surface area (Å²) in [6.07, 6.45) is 1.01. The molecule has 15 heavy (non-hydrogen) atoms. The molecule has 1 fully saturated rings. The number of hydrogen-bond acceptors (Lipinski definition) is 3. The van der Waals surface area contributed by atoms with Crippen LogP contribution >= 0.6 is 11.3 Å². The van der Waals surface area contributed by atoms with Crippen LogP contribution in [0.1, 0.15) is 16.1 Å².